The monoisotopic (exact) mass is 363 g/mol. The Hall–Kier alpha value is -1.98. The van der Waals surface area contributed by atoms with Crippen molar-refractivity contribution in [2.75, 3.05) is 11.9 Å². The zero-order chi connectivity index (χ0) is 17.5. The highest BCUT2D eigenvalue weighted by Gasteiger charge is 2.17. The summed E-state index contributed by atoms with van der Waals surface area (Å²) < 4.78 is 5.08. The van der Waals surface area contributed by atoms with E-state index in [4.69, 9.17) is 16.3 Å². The van der Waals surface area contributed by atoms with Crippen LogP contribution in [-0.4, -0.2) is 23.7 Å². The molecule has 0 heterocycles. The van der Waals surface area contributed by atoms with Crippen LogP contribution in [0.3, 0.4) is 0 Å². The lowest BCUT2D eigenvalue weighted by atomic mass is 10.2. The molecular formula is C18H18ClNO3S. The molecule has 126 valence electrons. The largest absolute Gasteiger partial charge is 0.455 e. The van der Waals surface area contributed by atoms with Crippen molar-refractivity contribution in [2.24, 2.45) is 0 Å². The number of rotatable bonds is 6. The minimum atomic E-state index is -0.435. The fourth-order valence-corrected chi connectivity index (χ4v) is 2.91. The number of hydrogen-bond acceptors (Lipinski definition) is 4. The van der Waals surface area contributed by atoms with Gasteiger partial charge >= 0.3 is 5.97 Å². The van der Waals surface area contributed by atoms with E-state index in [1.54, 1.807) is 25.1 Å². The molecule has 6 heteroatoms. The smallest absolute Gasteiger partial charge is 0.319 e. The summed E-state index contributed by atoms with van der Waals surface area (Å²) in [6.45, 7) is 3.33. The molecule has 2 aromatic rings. The Morgan fingerprint density at radius 2 is 1.83 bits per heavy atom. The molecule has 1 atom stereocenters. The number of anilines is 1. The second-order valence-corrected chi connectivity index (χ2v) is 7.04. The zero-order valence-corrected chi connectivity index (χ0v) is 15.0. The number of amides is 1. The van der Waals surface area contributed by atoms with Crippen molar-refractivity contribution in [1.29, 1.82) is 0 Å². The summed E-state index contributed by atoms with van der Waals surface area (Å²) in [6.07, 6.45) is 0. The summed E-state index contributed by atoms with van der Waals surface area (Å²) >= 11 is 7.18. The molecule has 0 unspecified atom stereocenters. The van der Waals surface area contributed by atoms with Crippen LogP contribution >= 0.6 is 23.4 Å². The van der Waals surface area contributed by atoms with E-state index in [2.05, 4.69) is 5.32 Å². The van der Waals surface area contributed by atoms with Crippen LogP contribution in [-0.2, 0) is 14.3 Å². The van der Waals surface area contributed by atoms with Crippen molar-refractivity contribution >= 4 is 40.9 Å². The minimum Gasteiger partial charge on any atom is -0.455 e. The van der Waals surface area contributed by atoms with E-state index < -0.39 is 11.2 Å². The topological polar surface area (TPSA) is 55.4 Å². The molecule has 2 rings (SSSR count). The second kappa shape index (κ2) is 8.76. The maximum atomic E-state index is 12.0. The van der Waals surface area contributed by atoms with Gasteiger partial charge in [0.05, 0.1) is 0 Å². The van der Waals surface area contributed by atoms with Gasteiger partial charge in [-0.3, -0.25) is 9.59 Å². The van der Waals surface area contributed by atoms with E-state index in [1.165, 1.54) is 11.8 Å². The summed E-state index contributed by atoms with van der Waals surface area (Å²) in [6, 6.07) is 14.6. The Labute approximate surface area is 150 Å². The normalized spacial score (nSPS) is 11.6. The number of hydrogen-bond donors (Lipinski definition) is 1. The molecule has 4 nitrogen and oxygen atoms in total. The summed E-state index contributed by atoms with van der Waals surface area (Å²) in [5.74, 6) is -0.795. The van der Waals surface area contributed by atoms with Gasteiger partial charge in [0.15, 0.2) is 6.61 Å². The average molecular weight is 364 g/mol. The number of para-hydroxylation sites is 1. The van der Waals surface area contributed by atoms with Crippen molar-refractivity contribution in [3.8, 4) is 0 Å². The van der Waals surface area contributed by atoms with Gasteiger partial charge in [0.25, 0.3) is 5.91 Å². The van der Waals surface area contributed by atoms with Gasteiger partial charge < -0.3 is 10.1 Å². The van der Waals surface area contributed by atoms with Gasteiger partial charge in [-0.2, -0.15) is 0 Å². The predicted octanol–water partition coefficient (Wildman–Crippen LogP) is 4.31. The zero-order valence-electron chi connectivity index (χ0n) is 13.4. The number of halogens is 1. The lowest BCUT2D eigenvalue weighted by Gasteiger charge is -2.12. The van der Waals surface area contributed by atoms with Crippen LogP contribution in [0.4, 0.5) is 5.69 Å². The van der Waals surface area contributed by atoms with Gasteiger partial charge in [-0.05, 0) is 49.7 Å². The third-order valence-electron chi connectivity index (χ3n) is 3.22. The molecule has 0 aliphatic heterocycles. The predicted molar refractivity (Wildman–Crippen MR) is 97.5 cm³/mol. The second-order valence-electron chi connectivity index (χ2n) is 5.18. The SMILES string of the molecule is Cc1ccccc1NC(=O)COC(=O)[C@H](C)Sc1ccc(Cl)cc1. The quantitative estimate of drug-likeness (QED) is 0.613. The van der Waals surface area contributed by atoms with E-state index in [1.807, 2.05) is 37.3 Å². The van der Waals surface area contributed by atoms with Gasteiger partial charge in [-0.15, -0.1) is 11.8 Å². The highest BCUT2D eigenvalue weighted by Crippen LogP contribution is 2.25. The fourth-order valence-electron chi connectivity index (χ4n) is 1.92. The van der Waals surface area contributed by atoms with Crippen LogP contribution in [0.25, 0.3) is 0 Å². The molecular weight excluding hydrogens is 346 g/mol. The fraction of sp³-hybridized carbons (Fsp3) is 0.222. The summed E-state index contributed by atoms with van der Waals surface area (Å²) in [7, 11) is 0. The van der Waals surface area contributed by atoms with Crippen LogP contribution in [0.2, 0.25) is 5.02 Å². The number of ether oxygens (including phenoxy) is 1. The van der Waals surface area contributed by atoms with Gasteiger partial charge in [0.1, 0.15) is 5.25 Å². The first-order valence-electron chi connectivity index (χ1n) is 7.40. The Bertz CT molecular complexity index is 718. The van der Waals surface area contributed by atoms with Crippen molar-refractivity contribution in [1.82, 2.24) is 0 Å². The van der Waals surface area contributed by atoms with Crippen molar-refractivity contribution in [3.05, 3.63) is 59.1 Å². The molecule has 0 saturated heterocycles. The van der Waals surface area contributed by atoms with Gasteiger partial charge in [0, 0.05) is 15.6 Å². The summed E-state index contributed by atoms with van der Waals surface area (Å²) in [5, 5.41) is 2.94. The molecule has 24 heavy (non-hydrogen) atoms. The summed E-state index contributed by atoms with van der Waals surface area (Å²) in [5.41, 5.74) is 1.66. The van der Waals surface area contributed by atoms with Crippen molar-refractivity contribution in [3.63, 3.8) is 0 Å². The molecule has 0 aliphatic carbocycles. The van der Waals surface area contributed by atoms with Crippen LogP contribution in [0, 0.1) is 6.92 Å². The van der Waals surface area contributed by atoms with Gasteiger partial charge in [-0.1, -0.05) is 29.8 Å². The minimum absolute atomic E-state index is 0.307. The van der Waals surface area contributed by atoms with E-state index in [-0.39, 0.29) is 12.5 Å². The standard InChI is InChI=1S/C18H18ClNO3S/c1-12-5-3-4-6-16(12)20-17(21)11-23-18(22)13(2)24-15-9-7-14(19)8-10-15/h3-10,13H,11H2,1-2H3,(H,20,21)/t13-/m0/s1. The highest BCUT2D eigenvalue weighted by atomic mass is 35.5. The van der Waals surface area contributed by atoms with E-state index in [0.29, 0.717) is 10.7 Å². The molecule has 0 radical (unpaired) electrons. The van der Waals surface area contributed by atoms with Gasteiger partial charge in [0.2, 0.25) is 0 Å². The van der Waals surface area contributed by atoms with Crippen LogP contribution in [0.1, 0.15) is 12.5 Å². The average Bonchev–Trinajstić information content (AvgIpc) is 2.57. The van der Waals surface area contributed by atoms with Crippen molar-refractivity contribution < 1.29 is 14.3 Å². The number of thioether (sulfide) groups is 1. The first-order valence-corrected chi connectivity index (χ1v) is 8.66. The molecule has 0 saturated carbocycles. The molecule has 0 fully saturated rings. The Morgan fingerprint density at radius 3 is 2.50 bits per heavy atom. The molecule has 0 aromatic heterocycles. The first-order chi connectivity index (χ1) is 11.5. The maximum absolute atomic E-state index is 12.0. The third-order valence-corrected chi connectivity index (χ3v) is 4.57. The molecule has 1 amide bonds. The van der Waals surface area contributed by atoms with Crippen LogP contribution in [0.5, 0.6) is 0 Å². The number of carbonyl (C=O) groups excluding carboxylic acids is 2. The number of nitrogens with one attached hydrogen (secondary N) is 1. The maximum Gasteiger partial charge on any atom is 0.319 e. The van der Waals surface area contributed by atoms with Crippen LogP contribution < -0.4 is 5.32 Å². The van der Waals surface area contributed by atoms with E-state index >= 15 is 0 Å². The first kappa shape index (κ1) is 18.4. The molecule has 0 aliphatic rings. The number of carbonyl (C=O) groups is 2. The lowest BCUT2D eigenvalue weighted by Crippen LogP contribution is -2.25. The highest BCUT2D eigenvalue weighted by molar-refractivity contribution is 8.00. The Morgan fingerprint density at radius 1 is 1.17 bits per heavy atom. The number of benzene rings is 2. The molecule has 0 bridgehead atoms. The molecule has 0 spiro atoms. The Kier molecular flexibility index (Phi) is 6.70. The Balaban J connectivity index is 1.80. The van der Waals surface area contributed by atoms with Gasteiger partial charge in [-0.25, -0.2) is 0 Å². The molecule has 1 N–H and O–H groups in total. The van der Waals surface area contributed by atoms with E-state index in [9.17, 15) is 9.59 Å². The number of aryl methyl sites for hydroxylation is 1. The van der Waals surface area contributed by atoms with Crippen LogP contribution in [0.15, 0.2) is 53.4 Å². The lowest BCUT2D eigenvalue weighted by molar-refractivity contribution is -0.146. The van der Waals surface area contributed by atoms with E-state index in [0.717, 1.165) is 10.5 Å². The number of esters is 1. The summed E-state index contributed by atoms with van der Waals surface area (Å²) in [4.78, 5) is 24.8. The third kappa shape index (κ3) is 5.58. The molecule has 2 aromatic carbocycles. The van der Waals surface area contributed by atoms with Crippen molar-refractivity contribution in [2.45, 2.75) is 24.0 Å².